The highest BCUT2D eigenvalue weighted by Crippen LogP contribution is 2.26. The first-order chi connectivity index (χ1) is 9.76. The fourth-order valence-corrected chi connectivity index (χ4v) is 1.75. The Kier molecular flexibility index (Phi) is 4.26. The number of nitrogens with one attached hydrogen (secondary N) is 1. The van der Waals surface area contributed by atoms with Crippen LogP contribution in [0.5, 0.6) is 5.75 Å². The van der Waals surface area contributed by atoms with Crippen molar-refractivity contribution >= 4 is 11.6 Å². The first kappa shape index (κ1) is 15.4. The van der Waals surface area contributed by atoms with Gasteiger partial charge in [-0.25, -0.2) is 0 Å². The van der Waals surface area contributed by atoms with Crippen LogP contribution < -0.4 is 15.8 Å². The lowest BCUT2D eigenvalue weighted by Gasteiger charge is -2.36. The molecule has 3 N–H and O–H groups in total. The molecule has 1 aliphatic heterocycles. The molecule has 0 atom stereocenters. The molecular weight excluding hydrogens is 287 g/mol. The van der Waals surface area contributed by atoms with Gasteiger partial charge in [-0.05, 0) is 24.3 Å². The van der Waals surface area contributed by atoms with Crippen molar-refractivity contribution in [3.63, 3.8) is 0 Å². The van der Waals surface area contributed by atoms with Crippen LogP contribution in [0.4, 0.5) is 18.9 Å². The topological polar surface area (TPSA) is 68.9 Å². The van der Waals surface area contributed by atoms with Crippen LogP contribution in [-0.2, 0) is 4.74 Å². The molecule has 8 heteroatoms. The maximum atomic E-state index is 12.0. The summed E-state index contributed by atoms with van der Waals surface area (Å²) in [4.78, 5) is 4.19. The summed E-state index contributed by atoms with van der Waals surface area (Å²) in [6.45, 7) is 3.86. The van der Waals surface area contributed by atoms with Gasteiger partial charge in [0.25, 0.3) is 0 Å². The molecule has 0 bridgehead atoms. The lowest BCUT2D eigenvalue weighted by Crippen LogP contribution is -2.43. The van der Waals surface area contributed by atoms with Crippen LogP contribution in [0, 0.1) is 5.41 Å². The highest BCUT2D eigenvalue weighted by Gasteiger charge is 2.33. The second-order valence-corrected chi connectivity index (χ2v) is 5.20. The van der Waals surface area contributed by atoms with Gasteiger partial charge in [0.15, 0.2) is 5.96 Å². The predicted octanol–water partition coefficient (Wildman–Crippen LogP) is 2.35. The minimum atomic E-state index is -4.70. The summed E-state index contributed by atoms with van der Waals surface area (Å²) in [6, 6.07) is 5.25. The summed E-state index contributed by atoms with van der Waals surface area (Å²) >= 11 is 0. The standard InChI is InChI=1S/C13H16F3N3O2/c1-12(7-20-8-12)6-18-11(17)19-9-2-4-10(5-3-9)21-13(14,15)16/h2-5H,6-8H2,1H3,(H3,17,18,19). The molecule has 1 fully saturated rings. The molecule has 0 unspecified atom stereocenters. The van der Waals surface area contributed by atoms with Gasteiger partial charge >= 0.3 is 6.36 Å². The van der Waals surface area contributed by atoms with E-state index < -0.39 is 6.36 Å². The zero-order chi connectivity index (χ0) is 15.5. The zero-order valence-corrected chi connectivity index (χ0v) is 11.4. The van der Waals surface area contributed by atoms with Gasteiger partial charge in [0.05, 0.1) is 19.8 Å². The van der Waals surface area contributed by atoms with Crippen molar-refractivity contribution in [2.24, 2.45) is 16.1 Å². The largest absolute Gasteiger partial charge is 0.573 e. The average molecular weight is 303 g/mol. The average Bonchev–Trinajstić information content (AvgIpc) is 2.35. The van der Waals surface area contributed by atoms with E-state index in [-0.39, 0.29) is 17.1 Å². The van der Waals surface area contributed by atoms with E-state index in [1.54, 1.807) is 0 Å². The number of anilines is 1. The van der Waals surface area contributed by atoms with Crippen LogP contribution in [0.25, 0.3) is 0 Å². The van der Waals surface area contributed by atoms with Crippen molar-refractivity contribution in [3.8, 4) is 5.75 Å². The molecule has 1 heterocycles. The minimum Gasteiger partial charge on any atom is -0.406 e. The molecular formula is C13H16F3N3O2. The van der Waals surface area contributed by atoms with Crippen molar-refractivity contribution in [3.05, 3.63) is 24.3 Å². The summed E-state index contributed by atoms with van der Waals surface area (Å²) in [7, 11) is 0. The van der Waals surface area contributed by atoms with Crippen molar-refractivity contribution < 1.29 is 22.6 Å². The Morgan fingerprint density at radius 1 is 1.38 bits per heavy atom. The van der Waals surface area contributed by atoms with E-state index in [2.05, 4.69) is 15.0 Å². The van der Waals surface area contributed by atoms with Gasteiger partial charge in [-0.1, -0.05) is 6.92 Å². The molecule has 0 amide bonds. The fraction of sp³-hybridized carbons (Fsp3) is 0.462. The van der Waals surface area contributed by atoms with Gasteiger partial charge in [-0.3, -0.25) is 4.99 Å². The Bertz CT molecular complexity index is 510. The highest BCUT2D eigenvalue weighted by atomic mass is 19.4. The Morgan fingerprint density at radius 2 is 2.00 bits per heavy atom. The molecule has 0 radical (unpaired) electrons. The summed E-state index contributed by atoms with van der Waals surface area (Å²) in [6.07, 6.45) is -4.70. The SMILES string of the molecule is CC1(CN=C(N)Nc2ccc(OC(F)(F)F)cc2)COC1. The molecule has 21 heavy (non-hydrogen) atoms. The molecule has 1 aromatic rings. The van der Waals surface area contributed by atoms with Gasteiger partial charge < -0.3 is 20.5 Å². The minimum absolute atomic E-state index is 0.0106. The first-order valence-electron chi connectivity index (χ1n) is 6.26. The van der Waals surface area contributed by atoms with Crippen LogP contribution >= 0.6 is 0 Å². The molecule has 5 nitrogen and oxygen atoms in total. The van der Waals surface area contributed by atoms with Crippen molar-refractivity contribution in [2.75, 3.05) is 25.1 Å². The predicted molar refractivity (Wildman–Crippen MR) is 72.2 cm³/mol. The number of benzene rings is 1. The van der Waals surface area contributed by atoms with E-state index in [9.17, 15) is 13.2 Å². The van der Waals surface area contributed by atoms with Crippen LogP contribution in [0.15, 0.2) is 29.3 Å². The van der Waals surface area contributed by atoms with Crippen molar-refractivity contribution in [2.45, 2.75) is 13.3 Å². The molecule has 0 aliphatic carbocycles. The van der Waals surface area contributed by atoms with E-state index in [0.29, 0.717) is 25.4 Å². The second-order valence-electron chi connectivity index (χ2n) is 5.20. The summed E-state index contributed by atoms with van der Waals surface area (Å²) in [5.74, 6) is -0.0877. The molecule has 116 valence electrons. The normalized spacial score (nSPS) is 18.0. The van der Waals surface area contributed by atoms with E-state index in [0.717, 1.165) is 0 Å². The van der Waals surface area contributed by atoms with E-state index in [1.165, 1.54) is 24.3 Å². The number of nitrogens with zero attached hydrogens (tertiary/aromatic N) is 1. The molecule has 1 aliphatic rings. The summed E-state index contributed by atoms with van der Waals surface area (Å²) < 4.78 is 44.9. The lowest BCUT2D eigenvalue weighted by atomic mass is 9.89. The van der Waals surface area contributed by atoms with Gasteiger partial charge in [0.1, 0.15) is 5.75 Å². The van der Waals surface area contributed by atoms with Crippen LogP contribution in [-0.4, -0.2) is 32.1 Å². The zero-order valence-electron chi connectivity index (χ0n) is 11.4. The molecule has 0 saturated carbocycles. The fourth-order valence-electron chi connectivity index (χ4n) is 1.75. The van der Waals surface area contributed by atoms with Gasteiger partial charge in [0, 0.05) is 11.1 Å². The Hall–Kier alpha value is -1.96. The number of alkyl halides is 3. The Labute approximate surface area is 119 Å². The van der Waals surface area contributed by atoms with Gasteiger partial charge in [-0.15, -0.1) is 13.2 Å². The maximum Gasteiger partial charge on any atom is 0.573 e. The molecule has 1 aromatic carbocycles. The number of guanidine groups is 1. The molecule has 0 aromatic heterocycles. The molecule has 1 saturated heterocycles. The quantitative estimate of drug-likeness (QED) is 0.662. The van der Waals surface area contributed by atoms with Gasteiger partial charge in [-0.2, -0.15) is 0 Å². The number of ether oxygens (including phenoxy) is 2. The number of nitrogens with two attached hydrogens (primary N) is 1. The number of hydrogen-bond acceptors (Lipinski definition) is 3. The second kappa shape index (κ2) is 5.80. The van der Waals surface area contributed by atoms with E-state index in [1.807, 2.05) is 6.92 Å². The third-order valence-corrected chi connectivity index (χ3v) is 2.89. The molecule has 2 rings (SSSR count). The maximum absolute atomic E-state index is 12.0. The Morgan fingerprint density at radius 3 is 2.48 bits per heavy atom. The molecule has 0 spiro atoms. The number of hydrogen-bond donors (Lipinski definition) is 2. The Balaban J connectivity index is 1.89. The lowest BCUT2D eigenvalue weighted by molar-refractivity contribution is -0.274. The monoisotopic (exact) mass is 303 g/mol. The highest BCUT2D eigenvalue weighted by molar-refractivity contribution is 5.92. The summed E-state index contributed by atoms with van der Waals surface area (Å²) in [5.41, 5.74) is 6.26. The number of rotatable bonds is 4. The number of halogens is 3. The third kappa shape index (κ3) is 4.82. The summed E-state index contributed by atoms with van der Waals surface area (Å²) in [5, 5.41) is 2.80. The van der Waals surface area contributed by atoms with Crippen molar-refractivity contribution in [1.82, 2.24) is 0 Å². The first-order valence-corrected chi connectivity index (χ1v) is 6.26. The van der Waals surface area contributed by atoms with Crippen molar-refractivity contribution in [1.29, 1.82) is 0 Å². The van der Waals surface area contributed by atoms with Crippen LogP contribution in [0.2, 0.25) is 0 Å². The van der Waals surface area contributed by atoms with Crippen LogP contribution in [0.1, 0.15) is 6.92 Å². The third-order valence-electron chi connectivity index (χ3n) is 2.89. The van der Waals surface area contributed by atoms with Crippen LogP contribution in [0.3, 0.4) is 0 Å². The van der Waals surface area contributed by atoms with E-state index >= 15 is 0 Å². The van der Waals surface area contributed by atoms with Gasteiger partial charge in [0.2, 0.25) is 0 Å². The number of aliphatic imine (C=N–C) groups is 1. The van der Waals surface area contributed by atoms with E-state index in [4.69, 9.17) is 10.5 Å². The smallest absolute Gasteiger partial charge is 0.406 e.